The number of carbonyl (C=O) groups excluding carboxylic acids is 2. The predicted octanol–water partition coefficient (Wildman–Crippen LogP) is 1.36. The third-order valence-corrected chi connectivity index (χ3v) is 4.39. The SMILES string of the molecule is CC(C)(C)NC(=O)CC(=O)N1CCN(Cc2ccc3c(c2)OCO3)CC1. The Kier molecular flexibility index (Phi) is 5.36. The first kappa shape index (κ1) is 18.5. The number of nitrogens with one attached hydrogen (secondary N) is 1. The number of nitrogens with zero attached hydrogens (tertiary/aromatic N) is 2. The van der Waals surface area contributed by atoms with Crippen LogP contribution in [-0.2, 0) is 16.1 Å². The summed E-state index contributed by atoms with van der Waals surface area (Å²) in [5.41, 5.74) is 0.847. The Labute approximate surface area is 154 Å². The molecule has 0 atom stereocenters. The maximum Gasteiger partial charge on any atom is 0.232 e. The van der Waals surface area contributed by atoms with E-state index in [1.165, 1.54) is 5.56 Å². The van der Waals surface area contributed by atoms with Crippen LogP contribution in [0.15, 0.2) is 18.2 Å². The van der Waals surface area contributed by atoms with E-state index < -0.39 is 0 Å². The molecule has 1 saturated heterocycles. The van der Waals surface area contributed by atoms with Crippen LogP contribution in [0.2, 0.25) is 0 Å². The van der Waals surface area contributed by atoms with Crippen LogP contribution in [-0.4, -0.2) is 60.1 Å². The summed E-state index contributed by atoms with van der Waals surface area (Å²) in [6, 6.07) is 5.99. The van der Waals surface area contributed by atoms with Crippen molar-refractivity contribution < 1.29 is 19.1 Å². The van der Waals surface area contributed by atoms with E-state index in [1.54, 1.807) is 4.90 Å². The average Bonchev–Trinajstić information content (AvgIpc) is 3.01. The van der Waals surface area contributed by atoms with Gasteiger partial charge in [0.25, 0.3) is 0 Å². The van der Waals surface area contributed by atoms with Gasteiger partial charge in [0.2, 0.25) is 18.6 Å². The third-order valence-electron chi connectivity index (χ3n) is 4.39. The molecule has 26 heavy (non-hydrogen) atoms. The summed E-state index contributed by atoms with van der Waals surface area (Å²) in [6.45, 7) is 9.69. The number of carbonyl (C=O) groups is 2. The molecule has 0 radical (unpaired) electrons. The summed E-state index contributed by atoms with van der Waals surface area (Å²) in [7, 11) is 0. The van der Waals surface area contributed by atoms with Crippen molar-refractivity contribution in [2.24, 2.45) is 0 Å². The minimum atomic E-state index is -0.319. The molecule has 7 nitrogen and oxygen atoms in total. The normalized spacial score (nSPS) is 17.3. The number of rotatable bonds is 4. The lowest BCUT2D eigenvalue weighted by molar-refractivity contribution is -0.137. The molecule has 1 aromatic rings. The predicted molar refractivity (Wildman–Crippen MR) is 96.9 cm³/mol. The van der Waals surface area contributed by atoms with Crippen LogP contribution in [0.25, 0.3) is 0 Å². The molecule has 2 amide bonds. The molecular formula is C19H27N3O4. The molecule has 3 rings (SSSR count). The lowest BCUT2D eigenvalue weighted by atomic mass is 10.1. The molecule has 0 unspecified atom stereocenters. The van der Waals surface area contributed by atoms with Crippen molar-refractivity contribution in [1.29, 1.82) is 0 Å². The van der Waals surface area contributed by atoms with Crippen molar-refractivity contribution >= 4 is 11.8 Å². The van der Waals surface area contributed by atoms with Crippen molar-refractivity contribution in [3.8, 4) is 11.5 Å². The molecule has 1 fully saturated rings. The molecule has 1 N–H and O–H groups in total. The van der Waals surface area contributed by atoms with Gasteiger partial charge in [-0.2, -0.15) is 0 Å². The van der Waals surface area contributed by atoms with Gasteiger partial charge < -0.3 is 19.7 Å². The van der Waals surface area contributed by atoms with E-state index in [9.17, 15) is 9.59 Å². The minimum Gasteiger partial charge on any atom is -0.454 e. The first-order valence-electron chi connectivity index (χ1n) is 9.00. The Balaban J connectivity index is 1.45. The van der Waals surface area contributed by atoms with E-state index in [1.807, 2.05) is 39.0 Å². The largest absolute Gasteiger partial charge is 0.454 e. The zero-order valence-electron chi connectivity index (χ0n) is 15.7. The molecule has 2 aliphatic rings. The fourth-order valence-corrected chi connectivity index (χ4v) is 3.16. The smallest absolute Gasteiger partial charge is 0.232 e. The van der Waals surface area contributed by atoms with Crippen LogP contribution in [0.5, 0.6) is 11.5 Å². The van der Waals surface area contributed by atoms with Crippen molar-refractivity contribution in [3.05, 3.63) is 23.8 Å². The zero-order valence-corrected chi connectivity index (χ0v) is 15.7. The summed E-state index contributed by atoms with van der Waals surface area (Å²) < 4.78 is 10.7. The lowest BCUT2D eigenvalue weighted by Crippen LogP contribution is -2.50. The summed E-state index contributed by atoms with van der Waals surface area (Å²) >= 11 is 0. The molecule has 2 aliphatic heterocycles. The van der Waals surface area contributed by atoms with Crippen LogP contribution in [0.3, 0.4) is 0 Å². The number of hydrogen-bond donors (Lipinski definition) is 1. The highest BCUT2D eigenvalue weighted by Gasteiger charge is 2.24. The highest BCUT2D eigenvalue weighted by molar-refractivity contribution is 5.97. The second kappa shape index (κ2) is 7.53. The molecule has 0 saturated carbocycles. The number of amides is 2. The molecule has 0 aliphatic carbocycles. The van der Waals surface area contributed by atoms with Crippen LogP contribution in [0, 0.1) is 0 Å². The fraction of sp³-hybridized carbons (Fsp3) is 0.579. The molecule has 0 spiro atoms. The van der Waals surface area contributed by atoms with Gasteiger partial charge in [0.15, 0.2) is 11.5 Å². The minimum absolute atomic E-state index is 0.0839. The van der Waals surface area contributed by atoms with E-state index in [-0.39, 0.29) is 30.6 Å². The van der Waals surface area contributed by atoms with Crippen molar-refractivity contribution in [3.63, 3.8) is 0 Å². The molecule has 142 valence electrons. The Hall–Kier alpha value is -2.28. The standard InChI is InChI=1S/C19H27N3O4/c1-19(2,3)20-17(23)11-18(24)22-8-6-21(7-9-22)12-14-4-5-15-16(10-14)26-13-25-15/h4-5,10H,6-9,11-13H2,1-3H3,(H,20,23). The van der Waals surface area contributed by atoms with Crippen molar-refractivity contribution in [2.45, 2.75) is 39.3 Å². The van der Waals surface area contributed by atoms with Gasteiger partial charge in [-0.15, -0.1) is 0 Å². The van der Waals surface area contributed by atoms with Gasteiger partial charge in [-0.05, 0) is 38.5 Å². The van der Waals surface area contributed by atoms with E-state index in [4.69, 9.17) is 9.47 Å². The second-order valence-electron chi connectivity index (χ2n) is 7.82. The number of hydrogen-bond acceptors (Lipinski definition) is 5. The first-order chi connectivity index (χ1) is 12.3. The molecular weight excluding hydrogens is 334 g/mol. The van der Waals surface area contributed by atoms with Crippen LogP contribution in [0.1, 0.15) is 32.8 Å². The van der Waals surface area contributed by atoms with Crippen LogP contribution >= 0.6 is 0 Å². The summed E-state index contributed by atoms with van der Waals surface area (Å²) in [5.74, 6) is 1.26. The maximum atomic E-state index is 12.3. The van der Waals surface area contributed by atoms with Crippen molar-refractivity contribution in [2.75, 3.05) is 33.0 Å². The molecule has 7 heteroatoms. The average molecular weight is 361 g/mol. The van der Waals surface area contributed by atoms with Crippen LogP contribution in [0.4, 0.5) is 0 Å². The Morgan fingerprint density at radius 3 is 2.46 bits per heavy atom. The Morgan fingerprint density at radius 1 is 1.08 bits per heavy atom. The quantitative estimate of drug-likeness (QED) is 0.820. The third kappa shape index (κ3) is 4.88. The second-order valence-corrected chi connectivity index (χ2v) is 7.82. The van der Waals surface area contributed by atoms with E-state index in [0.717, 1.165) is 31.1 Å². The highest BCUT2D eigenvalue weighted by Crippen LogP contribution is 2.32. The Morgan fingerprint density at radius 2 is 1.77 bits per heavy atom. The van der Waals surface area contributed by atoms with E-state index in [0.29, 0.717) is 13.1 Å². The number of piperazine rings is 1. The number of benzene rings is 1. The van der Waals surface area contributed by atoms with Gasteiger partial charge in [0, 0.05) is 38.3 Å². The van der Waals surface area contributed by atoms with Gasteiger partial charge in [0.05, 0.1) is 0 Å². The molecule has 1 aromatic carbocycles. The highest BCUT2D eigenvalue weighted by atomic mass is 16.7. The summed E-state index contributed by atoms with van der Waals surface area (Å²) in [4.78, 5) is 28.3. The molecule has 0 aromatic heterocycles. The van der Waals surface area contributed by atoms with Gasteiger partial charge in [-0.25, -0.2) is 0 Å². The van der Waals surface area contributed by atoms with Gasteiger partial charge in [-0.3, -0.25) is 14.5 Å². The summed E-state index contributed by atoms with van der Waals surface area (Å²) in [5, 5.41) is 2.83. The molecule has 2 heterocycles. The fourth-order valence-electron chi connectivity index (χ4n) is 3.16. The summed E-state index contributed by atoms with van der Waals surface area (Å²) in [6.07, 6.45) is -0.0839. The first-order valence-corrected chi connectivity index (χ1v) is 9.00. The number of fused-ring (bicyclic) bond motifs is 1. The van der Waals surface area contributed by atoms with Gasteiger partial charge in [0.1, 0.15) is 6.42 Å². The van der Waals surface area contributed by atoms with Crippen LogP contribution < -0.4 is 14.8 Å². The van der Waals surface area contributed by atoms with Crippen molar-refractivity contribution in [1.82, 2.24) is 15.1 Å². The maximum absolute atomic E-state index is 12.3. The van der Waals surface area contributed by atoms with Gasteiger partial charge >= 0.3 is 0 Å². The van der Waals surface area contributed by atoms with E-state index >= 15 is 0 Å². The monoisotopic (exact) mass is 361 g/mol. The van der Waals surface area contributed by atoms with E-state index in [2.05, 4.69) is 10.2 Å². The zero-order chi connectivity index (χ0) is 18.7. The van der Waals surface area contributed by atoms with Gasteiger partial charge in [-0.1, -0.05) is 6.07 Å². The Bertz CT molecular complexity index is 676. The topological polar surface area (TPSA) is 71.1 Å². The number of ether oxygens (including phenoxy) is 2. The molecule has 0 bridgehead atoms. The lowest BCUT2D eigenvalue weighted by Gasteiger charge is -2.35.